The fraction of sp³-hybridized carbons (Fsp3) is 0.476. The molecule has 0 aliphatic carbocycles. The molecule has 2 aliphatic heterocycles. The number of ether oxygens (including phenoxy) is 3. The average molecular weight is 398 g/mol. The number of aromatic nitrogens is 2. The average Bonchev–Trinajstić information content (AvgIpc) is 2.79. The van der Waals surface area contributed by atoms with Crippen LogP contribution in [0, 0.1) is 0 Å². The molecule has 0 saturated carbocycles. The normalized spacial score (nSPS) is 16.4. The molecule has 0 atom stereocenters. The van der Waals surface area contributed by atoms with Crippen molar-refractivity contribution in [1.82, 2.24) is 14.9 Å². The molecule has 0 unspecified atom stereocenters. The number of morpholine rings is 1. The summed E-state index contributed by atoms with van der Waals surface area (Å²) in [6.07, 6.45) is 2.67. The summed E-state index contributed by atoms with van der Waals surface area (Å²) in [7, 11) is 1.64. The van der Waals surface area contributed by atoms with E-state index in [0.717, 1.165) is 42.5 Å². The van der Waals surface area contributed by atoms with E-state index < -0.39 is 0 Å². The Morgan fingerprint density at radius 2 is 1.93 bits per heavy atom. The number of amides is 1. The van der Waals surface area contributed by atoms with Crippen LogP contribution in [0.25, 0.3) is 0 Å². The van der Waals surface area contributed by atoms with Gasteiger partial charge in [-0.1, -0.05) is 0 Å². The van der Waals surface area contributed by atoms with Gasteiger partial charge in [-0.15, -0.1) is 0 Å². The highest BCUT2D eigenvalue weighted by atomic mass is 16.5. The smallest absolute Gasteiger partial charge is 0.254 e. The van der Waals surface area contributed by atoms with Gasteiger partial charge in [-0.25, -0.2) is 9.97 Å². The van der Waals surface area contributed by atoms with E-state index in [1.165, 1.54) is 0 Å². The first-order valence-corrected chi connectivity index (χ1v) is 9.93. The van der Waals surface area contributed by atoms with E-state index >= 15 is 0 Å². The summed E-state index contributed by atoms with van der Waals surface area (Å²) in [5, 5.41) is 0. The third-order valence-electron chi connectivity index (χ3n) is 5.17. The highest BCUT2D eigenvalue weighted by molar-refractivity contribution is 5.94. The predicted octanol–water partition coefficient (Wildman–Crippen LogP) is 1.54. The molecule has 4 rings (SSSR count). The van der Waals surface area contributed by atoms with Gasteiger partial charge in [0.15, 0.2) is 0 Å². The van der Waals surface area contributed by atoms with Crippen LogP contribution in [0.1, 0.15) is 21.6 Å². The van der Waals surface area contributed by atoms with Crippen LogP contribution in [0.5, 0.6) is 5.75 Å². The summed E-state index contributed by atoms with van der Waals surface area (Å²) in [4.78, 5) is 26.2. The first-order valence-electron chi connectivity index (χ1n) is 9.93. The zero-order chi connectivity index (χ0) is 20.1. The lowest BCUT2D eigenvalue weighted by molar-refractivity contribution is 0.0731. The van der Waals surface area contributed by atoms with Crippen LogP contribution in [-0.4, -0.2) is 73.9 Å². The van der Waals surface area contributed by atoms with Crippen LogP contribution in [0.4, 0.5) is 5.95 Å². The second-order valence-corrected chi connectivity index (χ2v) is 7.08. The molecule has 3 heterocycles. The number of hydrogen-bond acceptors (Lipinski definition) is 7. The summed E-state index contributed by atoms with van der Waals surface area (Å²) in [6.45, 7) is 5.14. The Balaban J connectivity index is 1.42. The van der Waals surface area contributed by atoms with Crippen molar-refractivity contribution >= 4 is 11.9 Å². The number of benzene rings is 1. The van der Waals surface area contributed by atoms with Gasteiger partial charge < -0.3 is 24.0 Å². The monoisotopic (exact) mass is 398 g/mol. The van der Waals surface area contributed by atoms with E-state index in [9.17, 15) is 4.79 Å². The zero-order valence-corrected chi connectivity index (χ0v) is 16.7. The van der Waals surface area contributed by atoms with Gasteiger partial charge in [0.05, 0.1) is 32.1 Å². The second kappa shape index (κ2) is 9.19. The highest BCUT2D eigenvalue weighted by Crippen LogP contribution is 2.22. The molecule has 8 nitrogen and oxygen atoms in total. The highest BCUT2D eigenvalue weighted by Gasteiger charge is 2.24. The van der Waals surface area contributed by atoms with E-state index in [1.807, 2.05) is 23.2 Å². The van der Waals surface area contributed by atoms with Crippen LogP contribution in [-0.2, 0) is 22.4 Å². The van der Waals surface area contributed by atoms with Crippen LogP contribution in [0.15, 0.2) is 30.5 Å². The molecule has 29 heavy (non-hydrogen) atoms. The van der Waals surface area contributed by atoms with Crippen molar-refractivity contribution in [3.8, 4) is 5.75 Å². The first kappa shape index (κ1) is 19.6. The van der Waals surface area contributed by atoms with Gasteiger partial charge in [0.25, 0.3) is 5.91 Å². The fourth-order valence-corrected chi connectivity index (χ4v) is 3.50. The quantitative estimate of drug-likeness (QED) is 0.683. The SMILES string of the molecule is COCCOc1ccc(C(=O)N2CCc3cnc(N4CCOCC4)nc3C2)cc1. The Morgan fingerprint density at radius 3 is 2.69 bits per heavy atom. The molecule has 0 bridgehead atoms. The van der Waals surface area contributed by atoms with Crippen LogP contribution >= 0.6 is 0 Å². The van der Waals surface area contributed by atoms with Gasteiger partial charge in [0.2, 0.25) is 5.95 Å². The lowest BCUT2D eigenvalue weighted by atomic mass is 10.1. The molecule has 0 radical (unpaired) electrons. The van der Waals surface area contributed by atoms with Crippen molar-refractivity contribution in [2.75, 3.05) is 58.1 Å². The third-order valence-corrected chi connectivity index (χ3v) is 5.17. The second-order valence-electron chi connectivity index (χ2n) is 7.08. The number of hydrogen-bond donors (Lipinski definition) is 0. The standard InChI is InChI=1S/C21H26N4O4/c1-27-12-13-29-18-4-2-16(3-5-18)20(26)25-7-6-17-14-22-21(23-19(17)15-25)24-8-10-28-11-9-24/h2-5,14H,6-13,15H2,1H3. The molecule has 0 N–H and O–H groups in total. The Labute approximate surface area is 170 Å². The van der Waals surface area contributed by atoms with Gasteiger partial charge in [0.1, 0.15) is 12.4 Å². The number of rotatable bonds is 6. The maximum Gasteiger partial charge on any atom is 0.254 e. The molecule has 8 heteroatoms. The van der Waals surface area contributed by atoms with Crippen LogP contribution < -0.4 is 9.64 Å². The zero-order valence-electron chi connectivity index (χ0n) is 16.7. The molecular formula is C21H26N4O4. The summed E-state index contributed by atoms with van der Waals surface area (Å²) in [6, 6.07) is 7.25. The van der Waals surface area contributed by atoms with Crippen molar-refractivity contribution < 1.29 is 19.0 Å². The van der Waals surface area contributed by atoms with Crippen molar-refractivity contribution in [3.63, 3.8) is 0 Å². The molecule has 0 spiro atoms. The van der Waals surface area contributed by atoms with Gasteiger partial charge in [0, 0.05) is 38.5 Å². The Hall–Kier alpha value is -2.71. The fourth-order valence-electron chi connectivity index (χ4n) is 3.50. The minimum absolute atomic E-state index is 0.00521. The molecule has 154 valence electrons. The Kier molecular flexibility index (Phi) is 6.21. The Morgan fingerprint density at radius 1 is 1.14 bits per heavy atom. The minimum Gasteiger partial charge on any atom is -0.491 e. The lowest BCUT2D eigenvalue weighted by Crippen LogP contribution is -2.39. The summed E-state index contributed by atoms with van der Waals surface area (Å²) < 4.78 is 15.9. The molecule has 1 aromatic carbocycles. The van der Waals surface area contributed by atoms with E-state index in [1.54, 1.807) is 19.2 Å². The summed E-state index contributed by atoms with van der Waals surface area (Å²) >= 11 is 0. The first-order chi connectivity index (χ1) is 14.2. The van der Waals surface area contributed by atoms with Gasteiger partial charge in [-0.05, 0) is 36.2 Å². The molecule has 1 saturated heterocycles. The molecule has 1 fully saturated rings. The summed E-state index contributed by atoms with van der Waals surface area (Å²) in [5.74, 6) is 1.45. The Bertz CT molecular complexity index is 837. The number of anilines is 1. The number of nitrogens with zero attached hydrogens (tertiary/aromatic N) is 4. The molecular weight excluding hydrogens is 372 g/mol. The largest absolute Gasteiger partial charge is 0.491 e. The van der Waals surface area contributed by atoms with Gasteiger partial charge in [-0.3, -0.25) is 4.79 Å². The molecule has 1 aromatic heterocycles. The molecule has 2 aromatic rings. The number of carbonyl (C=O) groups is 1. The van der Waals surface area contributed by atoms with Gasteiger partial charge in [-0.2, -0.15) is 0 Å². The maximum absolute atomic E-state index is 13.0. The van der Waals surface area contributed by atoms with E-state index in [0.29, 0.717) is 45.1 Å². The minimum atomic E-state index is 0.00521. The van der Waals surface area contributed by atoms with Crippen LogP contribution in [0.2, 0.25) is 0 Å². The van der Waals surface area contributed by atoms with Crippen molar-refractivity contribution in [2.45, 2.75) is 13.0 Å². The molecule has 1 amide bonds. The topological polar surface area (TPSA) is 77.0 Å². The van der Waals surface area contributed by atoms with E-state index in [4.69, 9.17) is 19.2 Å². The predicted molar refractivity (Wildman–Crippen MR) is 107 cm³/mol. The van der Waals surface area contributed by atoms with E-state index in [2.05, 4.69) is 9.88 Å². The van der Waals surface area contributed by atoms with E-state index in [-0.39, 0.29) is 5.91 Å². The van der Waals surface area contributed by atoms with Crippen molar-refractivity contribution in [1.29, 1.82) is 0 Å². The number of methoxy groups -OCH3 is 1. The van der Waals surface area contributed by atoms with Crippen LogP contribution in [0.3, 0.4) is 0 Å². The van der Waals surface area contributed by atoms with Gasteiger partial charge >= 0.3 is 0 Å². The molecule has 2 aliphatic rings. The maximum atomic E-state index is 13.0. The number of fused-ring (bicyclic) bond motifs is 1. The van der Waals surface area contributed by atoms with Crippen molar-refractivity contribution in [2.24, 2.45) is 0 Å². The lowest BCUT2D eigenvalue weighted by Gasteiger charge is -2.30. The summed E-state index contributed by atoms with van der Waals surface area (Å²) in [5.41, 5.74) is 2.70. The number of carbonyl (C=O) groups excluding carboxylic acids is 1. The third kappa shape index (κ3) is 4.65. The van der Waals surface area contributed by atoms with Crippen molar-refractivity contribution in [3.05, 3.63) is 47.3 Å².